The van der Waals surface area contributed by atoms with Gasteiger partial charge in [-0.3, -0.25) is 0 Å². The highest BCUT2D eigenvalue weighted by Gasteiger charge is 2.36. The number of likely N-dealkylation sites (N-methyl/N-ethyl adjacent to an activating group) is 1. The van der Waals surface area contributed by atoms with E-state index in [2.05, 4.69) is 17.6 Å². The maximum atomic E-state index is 12.3. The molecular formula is C16H19N3O3S2. The lowest BCUT2D eigenvalue weighted by molar-refractivity contribution is 0.246. The van der Waals surface area contributed by atoms with Crippen molar-refractivity contribution in [2.45, 2.75) is 24.3 Å². The Kier molecular flexibility index (Phi) is 4.62. The van der Waals surface area contributed by atoms with Gasteiger partial charge in [0.1, 0.15) is 0 Å². The van der Waals surface area contributed by atoms with Crippen LogP contribution in [0.4, 0.5) is 10.5 Å². The van der Waals surface area contributed by atoms with Gasteiger partial charge in [-0.2, -0.15) is 4.31 Å². The molecule has 0 unspecified atom stereocenters. The van der Waals surface area contributed by atoms with E-state index >= 15 is 0 Å². The van der Waals surface area contributed by atoms with E-state index in [-0.39, 0.29) is 23.5 Å². The molecule has 6 nitrogen and oxygen atoms in total. The molecule has 1 atom stereocenters. The van der Waals surface area contributed by atoms with Crippen LogP contribution in [0.25, 0.3) is 0 Å². The summed E-state index contributed by atoms with van der Waals surface area (Å²) >= 11 is 1.34. The molecule has 2 heterocycles. The van der Waals surface area contributed by atoms with Gasteiger partial charge >= 0.3 is 6.03 Å². The molecule has 0 bridgehead atoms. The number of nitrogens with one attached hydrogen (secondary N) is 2. The van der Waals surface area contributed by atoms with E-state index in [1.807, 2.05) is 24.3 Å². The lowest BCUT2D eigenvalue weighted by atomic mass is 10.1. The summed E-state index contributed by atoms with van der Waals surface area (Å²) in [5, 5.41) is 7.38. The third-order valence-corrected chi connectivity index (χ3v) is 7.07. The highest BCUT2D eigenvalue weighted by molar-refractivity contribution is 7.89. The van der Waals surface area contributed by atoms with Crippen LogP contribution >= 0.6 is 11.3 Å². The topological polar surface area (TPSA) is 78.5 Å². The van der Waals surface area contributed by atoms with Crippen molar-refractivity contribution in [1.29, 1.82) is 0 Å². The molecule has 0 fully saturated rings. The number of nitrogens with zero attached hydrogens (tertiary/aromatic N) is 1. The molecule has 0 saturated heterocycles. The van der Waals surface area contributed by atoms with Gasteiger partial charge in [-0.15, -0.1) is 11.3 Å². The number of thiophene rings is 1. The van der Waals surface area contributed by atoms with Crippen molar-refractivity contribution in [3.63, 3.8) is 0 Å². The Hall–Kier alpha value is -1.90. The minimum Gasteiger partial charge on any atom is -0.329 e. The minimum absolute atomic E-state index is 0.220. The Morgan fingerprint density at radius 1 is 1.29 bits per heavy atom. The molecule has 2 amide bonds. The third kappa shape index (κ3) is 3.17. The summed E-state index contributed by atoms with van der Waals surface area (Å²) < 4.78 is 25.8. The van der Waals surface area contributed by atoms with Gasteiger partial charge in [-0.25, -0.2) is 13.2 Å². The molecular weight excluding hydrogens is 346 g/mol. The van der Waals surface area contributed by atoms with E-state index in [0.29, 0.717) is 10.6 Å². The maximum Gasteiger partial charge on any atom is 0.319 e. The molecule has 8 heteroatoms. The minimum atomic E-state index is -3.44. The van der Waals surface area contributed by atoms with Crippen molar-refractivity contribution >= 4 is 33.1 Å². The molecule has 128 valence electrons. The molecule has 2 aromatic rings. The van der Waals surface area contributed by atoms with Gasteiger partial charge in [-0.05, 0) is 35.6 Å². The van der Waals surface area contributed by atoms with Crippen LogP contribution in [0.1, 0.15) is 23.4 Å². The number of carbonyl (C=O) groups excluding carboxylic acids is 1. The number of amides is 2. The van der Waals surface area contributed by atoms with Crippen LogP contribution < -0.4 is 10.6 Å². The first-order valence-electron chi connectivity index (χ1n) is 7.62. The number of hydrogen-bond donors (Lipinski definition) is 2. The standard InChI is InChI=1S/C16H19N3O3S2/c1-3-11-4-6-12(7-5-11)17-16(20)18-13-10-19(2)24(21,22)14-8-9-23-15(13)14/h4-9,13H,3,10H2,1-2H3,(H2,17,18,20)/t13-/m1/s1. The second-order valence-corrected chi connectivity index (χ2v) is 8.60. The second-order valence-electron chi connectivity index (χ2n) is 5.64. The van der Waals surface area contributed by atoms with Crippen LogP contribution in [-0.4, -0.2) is 32.3 Å². The fourth-order valence-electron chi connectivity index (χ4n) is 2.64. The number of carbonyl (C=O) groups is 1. The summed E-state index contributed by atoms with van der Waals surface area (Å²) in [4.78, 5) is 13.2. The Balaban J connectivity index is 1.73. The van der Waals surface area contributed by atoms with Crippen LogP contribution in [0.5, 0.6) is 0 Å². The average molecular weight is 365 g/mol. The maximum absolute atomic E-state index is 12.3. The second kappa shape index (κ2) is 6.54. The van der Waals surface area contributed by atoms with E-state index < -0.39 is 10.0 Å². The molecule has 1 aromatic carbocycles. The molecule has 1 aliphatic rings. The number of fused-ring (bicyclic) bond motifs is 1. The Labute approximate surface area is 145 Å². The number of sulfonamides is 1. The number of rotatable bonds is 3. The van der Waals surface area contributed by atoms with E-state index in [1.54, 1.807) is 11.4 Å². The van der Waals surface area contributed by atoms with Crippen molar-refractivity contribution in [2.24, 2.45) is 0 Å². The number of urea groups is 1. The molecule has 3 rings (SSSR count). The van der Waals surface area contributed by atoms with Gasteiger partial charge in [0.05, 0.1) is 10.9 Å². The third-order valence-electron chi connectivity index (χ3n) is 4.03. The summed E-state index contributed by atoms with van der Waals surface area (Å²) in [5.74, 6) is 0. The molecule has 0 aliphatic carbocycles. The monoisotopic (exact) mass is 365 g/mol. The first kappa shape index (κ1) is 16.9. The predicted octanol–water partition coefficient (Wildman–Crippen LogP) is 2.81. The quantitative estimate of drug-likeness (QED) is 0.878. The van der Waals surface area contributed by atoms with Gasteiger partial charge in [-0.1, -0.05) is 19.1 Å². The summed E-state index contributed by atoms with van der Waals surface area (Å²) in [6.45, 7) is 2.29. The van der Waals surface area contributed by atoms with Crippen molar-refractivity contribution < 1.29 is 13.2 Å². The molecule has 24 heavy (non-hydrogen) atoms. The van der Waals surface area contributed by atoms with Crippen LogP contribution in [0.3, 0.4) is 0 Å². The van der Waals surface area contributed by atoms with Gasteiger partial charge < -0.3 is 10.6 Å². The number of anilines is 1. The van der Waals surface area contributed by atoms with Gasteiger partial charge in [0.15, 0.2) is 0 Å². The fourth-order valence-corrected chi connectivity index (χ4v) is 5.34. The number of benzene rings is 1. The SMILES string of the molecule is CCc1ccc(NC(=O)N[C@@H]2CN(C)S(=O)(=O)c3ccsc32)cc1. The predicted molar refractivity (Wildman–Crippen MR) is 94.9 cm³/mol. The fraction of sp³-hybridized carbons (Fsp3) is 0.312. The Morgan fingerprint density at radius 3 is 2.67 bits per heavy atom. The lowest BCUT2D eigenvalue weighted by Crippen LogP contribution is -2.44. The summed E-state index contributed by atoms with van der Waals surface area (Å²) in [6, 6.07) is 8.52. The highest BCUT2D eigenvalue weighted by Crippen LogP contribution is 2.35. The molecule has 2 N–H and O–H groups in total. The highest BCUT2D eigenvalue weighted by atomic mass is 32.2. The molecule has 1 aromatic heterocycles. The van der Waals surface area contributed by atoms with Gasteiger partial charge in [0, 0.05) is 24.2 Å². The summed E-state index contributed by atoms with van der Waals surface area (Å²) in [5.41, 5.74) is 1.90. The van der Waals surface area contributed by atoms with E-state index in [0.717, 1.165) is 6.42 Å². The van der Waals surface area contributed by atoms with Crippen molar-refractivity contribution in [1.82, 2.24) is 9.62 Å². The first-order chi connectivity index (χ1) is 11.4. The Bertz CT molecular complexity index is 844. The van der Waals surface area contributed by atoms with Crippen LogP contribution in [-0.2, 0) is 16.4 Å². The molecule has 0 spiro atoms. The van der Waals surface area contributed by atoms with E-state index in [9.17, 15) is 13.2 Å². The van der Waals surface area contributed by atoms with Crippen LogP contribution in [0, 0.1) is 0 Å². The molecule has 0 radical (unpaired) electrons. The average Bonchev–Trinajstić information content (AvgIpc) is 3.04. The first-order valence-corrected chi connectivity index (χ1v) is 9.94. The van der Waals surface area contributed by atoms with Gasteiger partial charge in [0.2, 0.25) is 10.0 Å². The Morgan fingerprint density at radius 2 is 2.00 bits per heavy atom. The van der Waals surface area contributed by atoms with Crippen molar-refractivity contribution in [3.05, 3.63) is 46.2 Å². The zero-order valence-electron chi connectivity index (χ0n) is 13.4. The van der Waals surface area contributed by atoms with Crippen molar-refractivity contribution in [2.75, 3.05) is 18.9 Å². The van der Waals surface area contributed by atoms with E-state index in [4.69, 9.17) is 0 Å². The van der Waals surface area contributed by atoms with Gasteiger partial charge in [0.25, 0.3) is 0 Å². The summed E-state index contributed by atoms with van der Waals surface area (Å²) in [7, 11) is -1.92. The van der Waals surface area contributed by atoms with Crippen LogP contribution in [0.15, 0.2) is 40.6 Å². The summed E-state index contributed by atoms with van der Waals surface area (Å²) in [6.07, 6.45) is 0.941. The van der Waals surface area contributed by atoms with Crippen molar-refractivity contribution in [3.8, 4) is 0 Å². The zero-order valence-corrected chi connectivity index (χ0v) is 15.1. The number of aryl methyl sites for hydroxylation is 1. The van der Waals surface area contributed by atoms with E-state index in [1.165, 1.54) is 28.3 Å². The smallest absolute Gasteiger partial charge is 0.319 e. The lowest BCUT2D eigenvalue weighted by Gasteiger charge is -2.29. The number of hydrogen-bond acceptors (Lipinski definition) is 4. The molecule has 0 saturated carbocycles. The van der Waals surface area contributed by atoms with Crippen LogP contribution in [0.2, 0.25) is 0 Å². The largest absolute Gasteiger partial charge is 0.329 e. The molecule has 1 aliphatic heterocycles. The zero-order chi connectivity index (χ0) is 17.3. The normalized spacial score (nSPS) is 19.5.